The smallest absolute Gasteiger partial charge is 0.0635 e. The highest BCUT2D eigenvalue weighted by molar-refractivity contribution is 4.96. The van der Waals surface area contributed by atoms with E-state index in [9.17, 15) is 5.11 Å². The fraction of sp³-hybridized carbons (Fsp3) is 1.00. The number of likely N-dealkylation sites (tertiary alicyclic amines) is 1. The van der Waals surface area contributed by atoms with Gasteiger partial charge in [0.25, 0.3) is 0 Å². The molecule has 2 fully saturated rings. The van der Waals surface area contributed by atoms with Crippen molar-refractivity contribution in [3.8, 4) is 0 Å². The molecule has 1 heterocycles. The van der Waals surface area contributed by atoms with E-state index in [4.69, 9.17) is 0 Å². The van der Waals surface area contributed by atoms with E-state index >= 15 is 0 Å². The summed E-state index contributed by atoms with van der Waals surface area (Å²) in [6.07, 6.45) is 2.38. The molecule has 1 aliphatic heterocycles. The molecule has 3 nitrogen and oxygen atoms in total. The van der Waals surface area contributed by atoms with Gasteiger partial charge in [-0.25, -0.2) is 0 Å². The second-order valence-corrected chi connectivity index (χ2v) is 5.24. The zero-order chi connectivity index (χ0) is 10.3. The fourth-order valence-electron chi connectivity index (χ4n) is 3.25. The summed E-state index contributed by atoms with van der Waals surface area (Å²) in [5, 5.41) is 10.2. The minimum absolute atomic E-state index is 0.0626. The van der Waals surface area contributed by atoms with Crippen LogP contribution < -0.4 is 0 Å². The van der Waals surface area contributed by atoms with Gasteiger partial charge >= 0.3 is 0 Å². The molecule has 1 aliphatic carbocycles. The molecule has 2 bridgehead atoms. The molecule has 1 saturated heterocycles. The fourth-order valence-corrected chi connectivity index (χ4v) is 3.25. The summed E-state index contributed by atoms with van der Waals surface area (Å²) in [6, 6.07) is 0.573. The molecule has 3 heteroatoms. The van der Waals surface area contributed by atoms with Crippen molar-refractivity contribution in [2.75, 3.05) is 34.2 Å². The molecule has 14 heavy (non-hydrogen) atoms. The van der Waals surface area contributed by atoms with Crippen molar-refractivity contribution in [3.05, 3.63) is 0 Å². The first-order chi connectivity index (χ1) is 6.59. The predicted octanol–water partition coefficient (Wildman–Crippen LogP) is 0.249. The van der Waals surface area contributed by atoms with E-state index < -0.39 is 0 Å². The van der Waals surface area contributed by atoms with Crippen LogP contribution in [0.1, 0.15) is 12.8 Å². The van der Waals surface area contributed by atoms with Crippen LogP contribution in [0, 0.1) is 11.8 Å². The van der Waals surface area contributed by atoms with Gasteiger partial charge in [-0.05, 0) is 39.9 Å². The van der Waals surface area contributed by atoms with Crippen molar-refractivity contribution in [3.63, 3.8) is 0 Å². The van der Waals surface area contributed by atoms with Gasteiger partial charge in [-0.1, -0.05) is 0 Å². The van der Waals surface area contributed by atoms with E-state index in [0.717, 1.165) is 13.1 Å². The highest BCUT2D eigenvalue weighted by Gasteiger charge is 2.43. The third-order valence-electron chi connectivity index (χ3n) is 3.98. The van der Waals surface area contributed by atoms with Gasteiger partial charge < -0.3 is 14.9 Å². The number of aliphatic hydroxyl groups excluding tert-OH is 1. The average molecular weight is 198 g/mol. The maximum absolute atomic E-state index is 10.2. The van der Waals surface area contributed by atoms with Crippen LogP contribution in [-0.2, 0) is 0 Å². The molecule has 82 valence electrons. The van der Waals surface area contributed by atoms with Crippen LogP contribution >= 0.6 is 0 Å². The number of hydrogen-bond donors (Lipinski definition) is 1. The van der Waals surface area contributed by atoms with Crippen molar-refractivity contribution in [2.24, 2.45) is 11.8 Å². The summed E-state index contributed by atoms with van der Waals surface area (Å²) < 4.78 is 0. The highest BCUT2D eigenvalue weighted by atomic mass is 16.3. The number of piperidine rings is 1. The SMILES string of the molecule is CN1CC2CCC(N(C)C)C(C1)C2O. The Balaban J connectivity index is 2.12. The molecule has 0 aromatic rings. The molecule has 0 amide bonds. The summed E-state index contributed by atoms with van der Waals surface area (Å²) in [4.78, 5) is 4.65. The molecule has 4 unspecified atom stereocenters. The van der Waals surface area contributed by atoms with Crippen molar-refractivity contribution >= 4 is 0 Å². The standard InChI is InChI=1S/C11H22N2O/c1-12(2)10-5-4-8-6-13(3)7-9(10)11(8)14/h8-11,14H,4-7H2,1-3H3. The quantitative estimate of drug-likeness (QED) is 0.654. The summed E-state index contributed by atoms with van der Waals surface area (Å²) in [6.45, 7) is 2.14. The Labute approximate surface area is 86.7 Å². The normalized spacial score (nSPS) is 44.4. The van der Waals surface area contributed by atoms with Crippen LogP contribution in [0.25, 0.3) is 0 Å². The van der Waals surface area contributed by atoms with Gasteiger partial charge in [0.05, 0.1) is 6.10 Å². The third-order valence-corrected chi connectivity index (χ3v) is 3.98. The summed E-state index contributed by atoms with van der Waals surface area (Å²) in [5.74, 6) is 0.984. The number of nitrogens with zero attached hydrogens (tertiary/aromatic N) is 2. The monoisotopic (exact) mass is 198 g/mol. The van der Waals surface area contributed by atoms with Crippen molar-refractivity contribution < 1.29 is 5.11 Å². The van der Waals surface area contributed by atoms with Crippen LogP contribution in [0.2, 0.25) is 0 Å². The Morgan fingerprint density at radius 3 is 2.57 bits per heavy atom. The van der Waals surface area contributed by atoms with Crippen LogP contribution in [-0.4, -0.2) is 61.3 Å². The maximum Gasteiger partial charge on any atom is 0.0635 e. The molecular weight excluding hydrogens is 176 g/mol. The van der Waals surface area contributed by atoms with Crippen molar-refractivity contribution in [1.82, 2.24) is 9.80 Å². The molecule has 2 rings (SSSR count). The van der Waals surface area contributed by atoms with Gasteiger partial charge in [0.1, 0.15) is 0 Å². The molecule has 0 aromatic heterocycles. The number of hydrogen-bond acceptors (Lipinski definition) is 3. The topological polar surface area (TPSA) is 26.7 Å². The summed E-state index contributed by atoms with van der Waals surface area (Å²) in [7, 11) is 6.43. The Bertz CT molecular complexity index is 207. The van der Waals surface area contributed by atoms with E-state index in [1.54, 1.807) is 0 Å². The van der Waals surface area contributed by atoms with Crippen molar-refractivity contribution in [2.45, 2.75) is 25.0 Å². The lowest BCUT2D eigenvalue weighted by molar-refractivity contribution is -0.0757. The molecule has 0 spiro atoms. The van der Waals surface area contributed by atoms with E-state index in [-0.39, 0.29) is 6.10 Å². The largest absolute Gasteiger partial charge is 0.392 e. The second-order valence-electron chi connectivity index (χ2n) is 5.24. The van der Waals surface area contributed by atoms with Gasteiger partial charge in [-0.3, -0.25) is 0 Å². The Kier molecular flexibility index (Phi) is 2.82. The van der Waals surface area contributed by atoms with Gasteiger partial charge in [-0.2, -0.15) is 0 Å². The zero-order valence-electron chi connectivity index (χ0n) is 9.48. The highest BCUT2D eigenvalue weighted by Crippen LogP contribution is 2.36. The number of fused-ring (bicyclic) bond motifs is 2. The Morgan fingerprint density at radius 2 is 1.93 bits per heavy atom. The molecule has 2 aliphatic rings. The maximum atomic E-state index is 10.2. The molecular formula is C11H22N2O. The van der Waals surface area contributed by atoms with Crippen LogP contribution in [0.3, 0.4) is 0 Å². The number of rotatable bonds is 1. The first kappa shape index (κ1) is 10.4. The van der Waals surface area contributed by atoms with Crippen LogP contribution in [0.5, 0.6) is 0 Å². The van der Waals surface area contributed by atoms with Gasteiger partial charge in [0, 0.05) is 25.0 Å². The number of aliphatic hydroxyl groups is 1. The zero-order valence-corrected chi connectivity index (χ0v) is 9.48. The van der Waals surface area contributed by atoms with Crippen LogP contribution in [0.15, 0.2) is 0 Å². The first-order valence-corrected chi connectivity index (χ1v) is 5.62. The summed E-state index contributed by atoms with van der Waals surface area (Å²) in [5.41, 5.74) is 0. The second kappa shape index (κ2) is 3.80. The molecule has 0 radical (unpaired) electrons. The van der Waals surface area contributed by atoms with Gasteiger partial charge in [-0.15, -0.1) is 0 Å². The Morgan fingerprint density at radius 1 is 1.21 bits per heavy atom. The molecule has 4 atom stereocenters. The van der Waals surface area contributed by atoms with E-state index in [1.165, 1.54) is 12.8 Å². The van der Waals surface area contributed by atoms with Gasteiger partial charge in [0.15, 0.2) is 0 Å². The minimum atomic E-state index is -0.0626. The Hall–Kier alpha value is -0.120. The predicted molar refractivity (Wildman–Crippen MR) is 57.2 cm³/mol. The lowest BCUT2D eigenvalue weighted by Crippen LogP contribution is -2.58. The molecule has 0 aromatic carbocycles. The summed E-state index contributed by atoms with van der Waals surface area (Å²) >= 11 is 0. The van der Waals surface area contributed by atoms with E-state index in [1.807, 2.05) is 0 Å². The minimum Gasteiger partial charge on any atom is -0.392 e. The lowest BCUT2D eigenvalue weighted by Gasteiger charge is -2.49. The average Bonchev–Trinajstić information content (AvgIpc) is 2.07. The van der Waals surface area contributed by atoms with E-state index in [2.05, 4.69) is 30.9 Å². The first-order valence-electron chi connectivity index (χ1n) is 5.62. The third kappa shape index (κ3) is 1.69. The van der Waals surface area contributed by atoms with Gasteiger partial charge in [0.2, 0.25) is 0 Å². The lowest BCUT2D eigenvalue weighted by atomic mass is 9.72. The van der Waals surface area contributed by atoms with Crippen LogP contribution in [0.4, 0.5) is 0 Å². The van der Waals surface area contributed by atoms with Crippen molar-refractivity contribution in [1.29, 1.82) is 0 Å². The van der Waals surface area contributed by atoms with E-state index in [0.29, 0.717) is 17.9 Å². The molecule has 1 saturated carbocycles. The molecule has 1 N–H and O–H groups in total.